The van der Waals surface area contributed by atoms with Gasteiger partial charge in [-0.1, -0.05) is 24.4 Å². The molecule has 3 rings (SSSR count). The van der Waals surface area contributed by atoms with Crippen LogP contribution in [0.4, 0.5) is 0 Å². The summed E-state index contributed by atoms with van der Waals surface area (Å²) in [5.41, 5.74) is 0.890. The van der Waals surface area contributed by atoms with Crippen LogP contribution in [-0.2, 0) is 20.7 Å². The van der Waals surface area contributed by atoms with Gasteiger partial charge in [-0.3, -0.25) is 9.59 Å². The van der Waals surface area contributed by atoms with Crippen LogP contribution in [-0.4, -0.2) is 34.7 Å². The predicted octanol–water partition coefficient (Wildman–Crippen LogP) is 3.36. The predicted molar refractivity (Wildman–Crippen MR) is 101 cm³/mol. The molecule has 1 fully saturated rings. The van der Waals surface area contributed by atoms with Crippen molar-refractivity contribution in [2.24, 2.45) is 5.92 Å². The topological polar surface area (TPSA) is 94.3 Å². The molecule has 7 nitrogen and oxygen atoms in total. The Morgan fingerprint density at radius 1 is 1.37 bits per heavy atom. The van der Waals surface area contributed by atoms with Crippen LogP contribution < -0.4 is 5.32 Å². The monoisotopic (exact) mass is 391 g/mol. The van der Waals surface area contributed by atoms with Crippen molar-refractivity contribution in [1.29, 1.82) is 0 Å². The molecule has 0 aromatic carbocycles. The summed E-state index contributed by atoms with van der Waals surface area (Å²) in [5, 5.41) is 10.7. The molecule has 0 radical (unpaired) electrons. The Morgan fingerprint density at radius 2 is 2.19 bits per heavy atom. The Kier molecular flexibility index (Phi) is 6.98. The first-order valence-electron chi connectivity index (χ1n) is 9.44. The van der Waals surface area contributed by atoms with Crippen molar-refractivity contribution >= 4 is 23.2 Å². The highest BCUT2D eigenvalue weighted by atomic mass is 32.1. The highest BCUT2D eigenvalue weighted by Crippen LogP contribution is 2.22. The van der Waals surface area contributed by atoms with E-state index in [0.29, 0.717) is 24.2 Å². The average molecular weight is 391 g/mol. The highest BCUT2D eigenvalue weighted by Gasteiger charge is 2.20. The number of hydrogen-bond donors (Lipinski definition) is 1. The normalized spacial score (nSPS) is 16.0. The molecule has 2 aromatic rings. The Balaban J connectivity index is 1.37. The first-order valence-corrected chi connectivity index (χ1v) is 10.4. The second-order valence-corrected chi connectivity index (χ2v) is 7.69. The number of aryl methyl sites for hydroxylation is 1. The lowest BCUT2D eigenvalue weighted by molar-refractivity contribution is -0.154. The first-order chi connectivity index (χ1) is 13.1. The average Bonchev–Trinajstić information content (AvgIpc) is 3.36. The third-order valence-corrected chi connectivity index (χ3v) is 5.44. The number of hydrogen-bond acceptors (Lipinski definition) is 7. The lowest BCUT2D eigenvalue weighted by atomic mass is 9.89. The smallest absolute Gasteiger partial charge is 0.307 e. The largest absolute Gasteiger partial charge is 0.453 e. The van der Waals surface area contributed by atoms with Crippen molar-refractivity contribution in [1.82, 2.24) is 15.5 Å². The number of thiophene rings is 1. The van der Waals surface area contributed by atoms with Gasteiger partial charge in [-0.15, -0.1) is 0 Å². The summed E-state index contributed by atoms with van der Waals surface area (Å²) in [7, 11) is 0. The van der Waals surface area contributed by atoms with Crippen LogP contribution in [0.3, 0.4) is 0 Å². The molecule has 2 aromatic heterocycles. The van der Waals surface area contributed by atoms with Gasteiger partial charge < -0.3 is 14.6 Å². The molecule has 1 N–H and O–H groups in total. The molecule has 1 atom stereocenters. The quantitative estimate of drug-likeness (QED) is 0.694. The molecule has 1 unspecified atom stereocenters. The lowest BCUT2D eigenvalue weighted by Crippen LogP contribution is -2.38. The van der Waals surface area contributed by atoms with Gasteiger partial charge in [0.2, 0.25) is 11.7 Å². The number of rotatable bonds is 8. The standard InChI is InChI=1S/C19H25N3O4S/c1-13(19(24)20-11-14-5-3-2-4-6-14)25-17(23)8-7-16-21-18(22-26-16)15-9-10-27-12-15/h9-10,12-14H,2-8,11H2,1H3,(H,20,24). The zero-order valence-electron chi connectivity index (χ0n) is 15.5. The molecular weight excluding hydrogens is 366 g/mol. The summed E-state index contributed by atoms with van der Waals surface area (Å²) in [4.78, 5) is 28.3. The number of esters is 1. The Bertz CT molecular complexity index is 738. The van der Waals surface area contributed by atoms with Gasteiger partial charge in [0.05, 0.1) is 6.42 Å². The van der Waals surface area contributed by atoms with E-state index in [1.54, 1.807) is 18.3 Å². The van der Waals surface area contributed by atoms with Gasteiger partial charge in [0.25, 0.3) is 5.91 Å². The number of carbonyl (C=O) groups excluding carboxylic acids is 2. The highest BCUT2D eigenvalue weighted by molar-refractivity contribution is 7.08. The maximum Gasteiger partial charge on any atom is 0.307 e. The fourth-order valence-corrected chi connectivity index (χ4v) is 3.80. The van der Waals surface area contributed by atoms with E-state index in [-0.39, 0.29) is 18.7 Å². The third-order valence-electron chi connectivity index (χ3n) is 4.76. The number of nitrogens with zero attached hydrogens (tertiary/aromatic N) is 2. The molecule has 1 aliphatic rings. The van der Waals surface area contributed by atoms with Crippen LogP contribution in [0.25, 0.3) is 11.4 Å². The number of amides is 1. The molecule has 1 aliphatic carbocycles. The zero-order valence-corrected chi connectivity index (χ0v) is 16.3. The third kappa shape index (κ3) is 5.89. The van der Waals surface area contributed by atoms with Crippen LogP contribution in [0, 0.1) is 5.92 Å². The summed E-state index contributed by atoms with van der Waals surface area (Å²) in [6.45, 7) is 2.25. The Hall–Kier alpha value is -2.22. The van der Waals surface area contributed by atoms with Crippen LogP contribution in [0.1, 0.15) is 51.3 Å². The molecular formula is C19H25N3O4S. The first kappa shape index (κ1) is 19.5. The van der Waals surface area contributed by atoms with Crippen molar-refractivity contribution in [3.63, 3.8) is 0 Å². The van der Waals surface area contributed by atoms with Crippen molar-refractivity contribution < 1.29 is 18.8 Å². The summed E-state index contributed by atoms with van der Waals surface area (Å²) in [6.07, 6.45) is 5.64. The Labute approximate surface area is 162 Å². The molecule has 0 spiro atoms. The summed E-state index contributed by atoms with van der Waals surface area (Å²) in [5.74, 6) is 0.732. The van der Waals surface area contributed by atoms with E-state index in [1.807, 2.05) is 16.8 Å². The molecule has 146 valence electrons. The van der Waals surface area contributed by atoms with Gasteiger partial charge in [0.15, 0.2) is 6.10 Å². The van der Waals surface area contributed by atoms with E-state index in [1.165, 1.54) is 19.3 Å². The molecule has 0 saturated heterocycles. The molecule has 8 heteroatoms. The maximum absolute atomic E-state index is 12.1. The van der Waals surface area contributed by atoms with Crippen molar-refractivity contribution in [3.8, 4) is 11.4 Å². The number of ether oxygens (including phenoxy) is 1. The second-order valence-electron chi connectivity index (χ2n) is 6.91. The Morgan fingerprint density at radius 3 is 2.93 bits per heavy atom. The summed E-state index contributed by atoms with van der Waals surface area (Å²) in [6, 6.07) is 1.90. The van der Waals surface area contributed by atoms with Crippen molar-refractivity contribution in [2.75, 3.05) is 6.54 Å². The second kappa shape index (κ2) is 9.64. The molecule has 27 heavy (non-hydrogen) atoms. The van der Waals surface area contributed by atoms with E-state index < -0.39 is 12.1 Å². The number of nitrogens with one attached hydrogen (secondary N) is 1. The molecule has 1 saturated carbocycles. The van der Waals surface area contributed by atoms with Crippen LogP contribution in [0.2, 0.25) is 0 Å². The maximum atomic E-state index is 12.1. The summed E-state index contributed by atoms with van der Waals surface area (Å²) >= 11 is 1.55. The van der Waals surface area contributed by atoms with Gasteiger partial charge in [-0.05, 0) is 37.1 Å². The zero-order chi connectivity index (χ0) is 19.1. The van der Waals surface area contributed by atoms with Crippen molar-refractivity contribution in [2.45, 2.75) is 58.0 Å². The molecule has 0 bridgehead atoms. The summed E-state index contributed by atoms with van der Waals surface area (Å²) < 4.78 is 10.4. The molecule has 0 aliphatic heterocycles. The van der Waals surface area contributed by atoms with E-state index in [4.69, 9.17) is 9.26 Å². The minimum atomic E-state index is -0.801. The fraction of sp³-hybridized carbons (Fsp3) is 0.579. The van der Waals surface area contributed by atoms with E-state index in [9.17, 15) is 9.59 Å². The SMILES string of the molecule is CC(OC(=O)CCc1nc(-c2ccsc2)no1)C(=O)NCC1CCCCC1. The lowest BCUT2D eigenvalue weighted by Gasteiger charge is -2.22. The van der Waals surface area contributed by atoms with E-state index in [2.05, 4.69) is 15.5 Å². The fourth-order valence-electron chi connectivity index (χ4n) is 3.16. The molecule has 1 amide bonds. The number of carbonyl (C=O) groups is 2. The van der Waals surface area contributed by atoms with Crippen molar-refractivity contribution in [3.05, 3.63) is 22.7 Å². The van der Waals surface area contributed by atoms with Gasteiger partial charge in [-0.2, -0.15) is 16.3 Å². The van der Waals surface area contributed by atoms with Crippen LogP contribution in [0.5, 0.6) is 0 Å². The molecule has 2 heterocycles. The van der Waals surface area contributed by atoms with Crippen LogP contribution >= 0.6 is 11.3 Å². The number of aromatic nitrogens is 2. The van der Waals surface area contributed by atoms with Gasteiger partial charge in [0, 0.05) is 23.9 Å². The minimum absolute atomic E-state index is 0.0888. The van der Waals surface area contributed by atoms with Gasteiger partial charge in [0.1, 0.15) is 0 Å². The van der Waals surface area contributed by atoms with Gasteiger partial charge in [-0.25, -0.2) is 0 Å². The van der Waals surface area contributed by atoms with Crippen LogP contribution in [0.15, 0.2) is 21.3 Å². The van der Waals surface area contributed by atoms with Gasteiger partial charge >= 0.3 is 5.97 Å². The van der Waals surface area contributed by atoms with E-state index >= 15 is 0 Å². The minimum Gasteiger partial charge on any atom is -0.453 e. The van der Waals surface area contributed by atoms with E-state index in [0.717, 1.165) is 18.4 Å².